The Hall–Kier alpha value is -1.10. The molecule has 19 heavy (non-hydrogen) atoms. The van der Waals surface area contributed by atoms with Gasteiger partial charge in [0.05, 0.1) is 12.0 Å². The first-order chi connectivity index (χ1) is 9.08. The maximum absolute atomic E-state index is 12.2. The van der Waals surface area contributed by atoms with Crippen molar-refractivity contribution in [3.8, 4) is 0 Å². The zero-order valence-corrected chi connectivity index (χ0v) is 11.6. The fourth-order valence-corrected chi connectivity index (χ4v) is 3.01. The van der Waals surface area contributed by atoms with Gasteiger partial charge in [0.25, 0.3) is 0 Å². The van der Waals surface area contributed by atoms with E-state index in [1.54, 1.807) is 4.90 Å². The highest BCUT2D eigenvalue weighted by Crippen LogP contribution is 2.23. The van der Waals surface area contributed by atoms with Gasteiger partial charge in [0.2, 0.25) is 11.8 Å². The molecule has 108 valence electrons. The van der Waals surface area contributed by atoms with Gasteiger partial charge in [0.15, 0.2) is 0 Å². The molecule has 0 bridgehead atoms. The maximum atomic E-state index is 12.2. The molecule has 2 fully saturated rings. The predicted molar refractivity (Wildman–Crippen MR) is 71.3 cm³/mol. The smallest absolute Gasteiger partial charge is 0.248 e. The number of nitrogens with two attached hydrogens (primary N) is 1. The Morgan fingerprint density at radius 1 is 1.21 bits per heavy atom. The number of rotatable bonds is 4. The largest absolute Gasteiger partial charge is 0.369 e. The molecule has 2 amide bonds. The summed E-state index contributed by atoms with van der Waals surface area (Å²) in [6.07, 6.45) is 6.38. The van der Waals surface area contributed by atoms with Gasteiger partial charge in [-0.05, 0) is 32.6 Å². The summed E-state index contributed by atoms with van der Waals surface area (Å²) in [5, 5.41) is 0. The van der Waals surface area contributed by atoms with Gasteiger partial charge < -0.3 is 15.4 Å². The molecule has 1 saturated carbocycles. The lowest BCUT2D eigenvalue weighted by Gasteiger charge is -2.37. The molecule has 0 aromatic rings. The molecule has 0 aromatic carbocycles. The number of hydrogen-bond acceptors (Lipinski definition) is 3. The Morgan fingerprint density at radius 3 is 2.53 bits per heavy atom. The lowest BCUT2D eigenvalue weighted by atomic mass is 9.93. The summed E-state index contributed by atoms with van der Waals surface area (Å²) in [5.74, 6) is -0.515. The number of piperidine rings is 1. The van der Waals surface area contributed by atoms with Crippen LogP contribution in [-0.2, 0) is 14.3 Å². The molecule has 5 nitrogen and oxygen atoms in total. The van der Waals surface area contributed by atoms with Crippen LogP contribution in [0, 0.1) is 5.92 Å². The van der Waals surface area contributed by atoms with Crippen LogP contribution in [0.25, 0.3) is 0 Å². The monoisotopic (exact) mass is 268 g/mol. The minimum absolute atomic E-state index is 0.00894. The van der Waals surface area contributed by atoms with Crippen LogP contribution in [0.2, 0.25) is 0 Å². The fourth-order valence-electron chi connectivity index (χ4n) is 3.01. The van der Waals surface area contributed by atoms with Gasteiger partial charge in [0.1, 0.15) is 6.61 Å². The quantitative estimate of drug-likeness (QED) is 0.828. The molecule has 2 N–H and O–H groups in total. The topological polar surface area (TPSA) is 72.6 Å². The van der Waals surface area contributed by atoms with E-state index in [2.05, 4.69) is 0 Å². The molecule has 2 rings (SSSR count). The first-order valence-electron chi connectivity index (χ1n) is 7.28. The van der Waals surface area contributed by atoms with Crippen LogP contribution in [0.5, 0.6) is 0 Å². The van der Waals surface area contributed by atoms with Crippen molar-refractivity contribution in [3.05, 3.63) is 0 Å². The van der Waals surface area contributed by atoms with Crippen LogP contribution < -0.4 is 5.73 Å². The van der Waals surface area contributed by atoms with E-state index in [4.69, 9.17) is 10.5 Å². The van der Waals surface area contributed by atoms with Crippen LogP contribution in [-0.4, -0.2) is 42.0 Å². The molecule has 2 unspecified atom stereocenters. The summed E-state index contributed by atoms with van der Waals surface area (Å²) in [5.41, 5.74) is 5.34. The average Bonchev–Trinajstić information content (AvgIpc) is 2.89. The Morgan fingerprint density at radius 2 is 1.89 bits per heavy atom. The first kappa shape index (κ1) is 14.3. The number of carbonyl (C=O) groups is 2. The summed E-state index contributed by atoms with van der Waals surface area (Å²) < 4.78 is 5.65. The minimum Gasteiger partial charge on any atom is -0.369 e. The number of nitrogens with zero attached hydrogens (tertiary/aromatic N) is 1. The van der Waals surface area contributed by atoms with Crippen LogP contribution >= 0.6 is 0 Å². The van der Waals surface area contributed by atoms with Gasteiger partial charge in [-0.2, -0.15) is 0 Å². The second-order valence-corrected chi connectivity index (χ2v) is 5.79. The van der Waals surface area contributed by atoms with E-state index < -0.39 is 0 Å². The highest BCUT2D eigenvalue weighted by molar-refractivity contribution is 5.81. The SMILES string of the molecule is CC1CCC(C(N)=O)CN1C(=O)COC1CCCC1. The van der Waals surface area contributed by atoms with Crippen molar-refractivity contribution < 1.29 is 14.3 Å². The van der Waals surface area contributed by atoms with Crippen molar-refractivity contribution in [2.75, 3.05) is 13.2 Å². The van der Waals surface area contributed by atoms with Crippen molar-refractivity contribution in [2.45, 2.75) is 57.6 Å². The van der Waals surface area contributed by atoms with Crippen LogP contribution in [0.3, 0.4) is 0 Å². The Labute approximate surface area is 114 Å². The Bertz CT molecular complexity index is 340. The fraction of sp³-hybridized carbons (Fsp3) is 0.857. The maximum Gasteiger partial charge on any atom is 0.248 e. The molecule has 1 aliphatic heterocycles. The highest BCUT2D eigenvalue weighted by atomic mass is 16.5. The Balaban J connectivity index is 1.83. The lowest BCUT2D eigenvalue weighted by Crippen LogP contribution is -2.49. The number of amides is 2. The summed E-state index contributed by atoms with van der Waals surface area (Å²) in [4.78, 5) is 25.2. The van der Waals surface area contributed by atoms with E-state index in [-0.39, 0.29) is 36.5 Å². The average molecular weight is 268 g/mol. The highest BCUT2D eigenvalue weighted by Gasteiger charge is 2.31. The number of hydrogen-bond donors (Lipinski definition) is 1. The van der Waals surface area contributed by atoms with Crippen molar-refractivity contribution in [3.63, 3.8) is 0 Å². The predicted octanol–water partition coefficient (Wildman–Crippen LogP) is 1.06. The van der Waals surface area contributed by atoms with Crippen molar-refractivity contribution in [2.24, 2.45) is 11.7 Å². The molecular formula is C14H24N2O3. The third kappa shape index (κ3) is 3.69. The third-order valence-corrected chi connectivity index (χ3v) is 4.35. The zero-order valence-electron chi connectivity index (χ0n) is 11.6. The van der Waals surface area contributed by atoms with Gasteiger partial charge in [-0.3, -0.25) is 9.59 Å². The van der Waals surface area contributed by atoms with Crippen molar-refractivity contribution in [1.29, 1.82) is 0 Å². The number of ether oxygens (including phenoxy) is 1. The van der Waals surface area contributed by atoms with Gasteiger partial charge >= 0.3 is 0 Å². The summed E-state index contributed by atoms with van der Waals surface area (Å²) >= 11 is 0. The molecule has 1 aliphatic carbocycles. The Kier molecular flexibility index (Phi) is 4.80. The normalized spacial score (nSPS) is 28.6. The molecule has 0 spiro atoms. The number of carbonyl (C=O) groups excluding carboxylic acids is 2. The van der Waals surface area contributed by atoms with Crippen LogP contribution in [0.15, 0.2) is 0 Å². The molecule has 1 saturated heterocycles. The molecule has 0 aromatic heterocycles. The van der Waals surface area contributed by atoms with Crippen molar-refractivity contribution >= 4 is 11.8 Å². The molecular weight excluding hydrogens is 244 g/mol. The van der Waals surface area contributed by atoms with Gasteiger partial charge in [-0.15, -0.1) is 0 Å². The minimum atomic E-state index is -0.304. The summed E-state index contributed by atoms with van der Waals surface area (Å²) in [6, 6.07) is 0.176. The molecule has 0 radical (unpaired) electrons. The van der Waals surface area contributed by atoms with E-state index in [0.29, 0.717) is 6.54 Å². The lowest BCUT2D eigenvalue weighted by molar-refractivity contribution is -0.143. The third-order valence-electron chi connectivity index (χ3n) is 4.35. The van der Waals surface area contributed by atoms with E-state index in [1.165, 1.54) is 12.8 Å². The zero-order chi connectivity index (χ0) is 13.8. The van der Waals surface area contributed by atoms with E-state index in [1.807, 2.05) is 6.92 Å². The standard InChI is InChI=1S/C14H24N2O3/c1-10-6-7-11(14(15)18)8-16(10)13(17)9-19-12-4-2-3-5-12/h10-12H,2-9H2,1H3,(H2,15,18). The second-order valence-electron chi connectivity index (χ2n) is 5.79. The van der Waals surface area contributed by atoms with E-state index in [9.17, 15) is 9.59 Å². The molecule has 2 atom stereocenters. The molecule has 5 heteroatoms. The van der Waals surface area contributed by atoms with Gasteiger partial charge in [-0.25, -0.2) is 0 Å². The van der Waals surface area contributed by atoms with Gasteiger partial charge in [-0.1, -0.05) is 12.8 Å². The van der Waals surface area contributed by atoms with Gasteiger partial charge in [0, 0.05) is 12.6 Å². The van der Waals surface area contributed by atoms with E-state index >= 15 is 0 Å². The molecule has 2 aliphatic rings. The van der Waals surface area contributed by atoms with Crippen LogP contribution in [0.4, 0.5) is 0 Å². The van der Waals surface area contributed by atoms with Crippen LogP contribution in [0.1, 0.15) is 45.4 Å². The van der Waals surface area contributed by atoms with Crippen molar-refractivity contribution in [1.82, 2.24) is 4.90 Å². The first-order valence-corrected chi connectivity index (χ1v) is 7.28. The van der Waals surface area contributed by atoms with E-state index in [0.717, 1.165) is 25.7 Å². The summed E-state index contributed by atoms with van der Waals surface area (Å²) in [7, 11) is 0. The molecule has 1 heterocycles. The number of likely N-dealkylation sites (tertiary alicyclic amines) is 1. The number of primary amides is 1. The summed E-state index contributed by atoms with van der Waals surface area (Å²) in [6.45, 7) is 2.61. The second kappa shape index (κ2) is 6.37.